The third-order valence-corrected chi connectivity index (χ3v) is 5.53. The molecule has 1 aliphatic carbocycles. The highest BCUT2D eigenvalue weighted by molar-refractivity contribution is 9.10. The van der Waals surface area contributed by atoms with Crippen molar-refractivity contribution in [2.75, 3.05) is 11.9 Å². The van der Waals surface area contributed by atoms with Crippen molar-refractivity contribution in [1.29, 1.82) is 0 Å². The molecule has 4 rings (SSSR count). The predicted octanol–water partition coefficient (Wildman–Crippen LogP) is 5.28. The van der Waals surface area contributed by atoms with Gasteiger partial charge in [-0.25, -0.2) is 0 Å². The first kappa shape index (κ1) is 17.1. The van der Waals surface area contributed by atoms with Crippen LogP contribution in [0.3, 0.4) is 0 Å². The Morgan fingerprint density at radius 1 is 1.12 bits per heavy atom. The largest absolute Gasteiger partial charge is 0.483 e. The molecule has 0 aliphatic heterocycles. The van der Waals surface area contributed by atoms with E-state index in [0.717, 1.165) is 34.8 Å². The summed E-state index contributed by atoms with van der Waals surface area (Å²) in [6.07, 6.45) is 3.12. The van der Waals surface area contributed by atoms with Gasteiger partial charge < -0.3 is 10.1 Å². The molecule has 0 saturated heterocycles. The van der Waals surface area contributed by atoms with Crippen molar-refractivity contribution in [3.05, 3.63) is 69.7 Å². The van der Waals surface area contributed by atoms with Gasteiger partial charge in [0.15, 0.2) is 6.61 Å². The maximum atomic E-state index is 12.4. The minimum Gasteiger partial charge on any atom is -0.483 e. The van der Waals surface area contributed by atoms with Crippen LogP contribution < -0.4 is 10.1 Å². The maximum Gasteiger partial charge on any atom is 0.262 e. The Bertz CT molecular complexity index is 987. The summed E-state index contributed by atoms with van der Waals surface area (Å²) in [6, 6.07) is 16.4. The first-order chi connectivity index (χ1) is 12.7. The van der Waals surface area contributed by atoms with Gasteiger partial charge >= 0.3 is 0 Å². The normalized spacial score (nSPS) is 12.4. The van der Waals surface area contributed by atoms with Crippen LogP contribution >= 0.6 is 15.9 Å². The third-order valence-electron chi connectivity index (χ3n) is 4.91. The number of hydrogen-bond donors (Lipinski definition) is 1. The Morgan fingerprint density at radius 2 is 1.92 bits per heavy atom. The second-order valence-corrected chi connectivity index (χ2v) is 7.42. The van der Waals surface area contributed by atoms with Crippen molar-refractivity contribution in [3.63, 3.8) is 0 Å². The molecule has 4 heteroatoms. The summed E-state index contributed by atoms with van der Waals surface area (Å²) in [5, 5.41) is 5.41. The molecule has 0 saturated carbocycles. The molecule has 3 aromatic carbocycles. The quantitative estimate of drug-likeness (QED) is 0.622. The zero-order valence-corrected chi connectivity index (χ0v) is 16.2. The summed E-state index contributed by atoms with van der Waals surface area (Å²) in [7, 11) is 0. The molecule has 0 bridgehead atoms. The number of hydrogen-bond acceptors (Lipinski definition) is 2. The fourth-order valence-electron chi connectivity index (χ4n) is 3.57. The lowest BCUT2D eigenvalue weighted by Gasteiger charge is -2.12. The van der Waals surface area contributed by atoms with Crippen molar-refractivity contribution in [2.45, 2.75) is 26.2 Å². The van der Waals surface area contributed by atoms with Gasteiger partial charge in [-0.3, -0.25) is 4.79 Å². The van der Waals surface area contributed by atoms with E-state index in [1.807, 2.05) is 24.3 Å². The van der Waals surface area contributed by atoms with Crippen LogP contribution in [0.2, 0.25) is 0 Å². The number of nitrogens with one attached hydrogen (secondary N) is 1. The van der Waals surface area contributed by atoms with E-state index >= 15 is 0 Å². The van der Waals surface area contributed by atoms with Gasteiger partial charge in [0.1, 0.15) is 5.75 Å². The van der Waals surface area contributed by atoms with Crippen LogP contribution in [-0.2, 0) is 24.1 Å². The van der Waals surface area contributed by atoms with Gasteiger partial charge in [0, 0.05) is 11.1 Å². The lowest BCUT2D eigenvalue weighted by atomic mass is 10.0. The van der Waals surface area contributed by atoms with Crippen LogP contribution in [0.15, 0.2) is 53.0 Å². The number of carbonyl (C=O) groups excluding carboxylic acids is 1. The highest BCUT2D eigenvalue weighted by Crippen LogP contribution is 2.35. The van der Waals surface area contributed by atoms with Crippen LogP contribution in [0.1, 0.15) is 23.6 Å². The van der Waals surface area contributed by atoms with E-state index in [2.05, 4.69) is 52.4 Å². The number of ether oxygens (including phenoxy) is 1. The molecule has 0 aromatic heterocycles. The molecule has 3 nitrogen and oxygen atoms in total. The van der Waals surface area contributed by atoms with Crippen molar-refractivity contribution in [2.24, 2.45) is 0 Å². The van der Waals surface area contributed by atoms with Crippen LogP contribution in [0, 0.1) is 0 Å². The van der Waals surface area contributed by atoms with Crippen LogP contribution in [-0.4, -0.2) is 12.5 Å². The second-order valence-electron chi connectivity index (χ2n) is 6.57. The Balaban J connectivity index is 1.49. The molecule has 1 aliphatic rings. The Morgan fingerprint density at radius 3 is 2.69 bits per heavy atom. The van der Waals surface area contributed by atoms with Gasteiger partial charge in [-0.05, 0) is 75.5 Å². The third kappa shape index (κ3) is 3.21. The Hall–Kier alpha value is -2.33. The lowest BCUT2D eigenvalue weighted by Crippen LogP contribution is -2.20. The van der Waals surface area contributed by atoms with E-state index in [0.29, 0.717) is 5.75 Å². The van der Waals surface area contributed by atoms with Gasteiger partial charge in [0.05, 0.1) is 4.47 Å². The summed E-state index contributed by atoms with van der Waals surface area (Å²) in [5.74, 6) is 0.521. The summed E-state index contributed by atoms with van der Waals surface area (Å²) in [5.41, 5.74) is 4.80. The second kappa shape index (κ2) is 7.12. The average Bonchev–Trinajstić information content (AvgIpc) is 3.08. The minimum atomic E-state index is -0.157. The van der Waals surface area contributed by atoms with E-state index in [-0.39, 0.29) is 12.5 Å². The van der Waals surface area contributed by atoms with Gasteiger partial charge in [0.25, 0.3) is 5.91 Å². The first-order valence-corrected chi connectivity index (χ1v) is 9.69. The van der Waals surface area contributed by atoms with Gasteiger partial charge in [-0.15, -0.1) is 0 Å². The van der Waals surface area contributed by atoms with E-state index in [9.17, 15) is 4.79 Å². The highest BCUT2D eigenvalue weighted by Gasteiger charge is 2.16. The predicted molar refractivity (Wildman–Crippen MR) is 109 cm³/mol. The molecule has 1 N–H and O–H groups in total. The zero-order chi connectivity index (χ0) is 18.1. The summed E-state index contributed by atoms with van der Waals surface area (Å²) >= 11 is 3.50. The standard InChI is InChI=1S/C22H20BrNO2/c1-2-14-6-11-20(18(23)12-14)26-13-21(25)24-19-10-9-16-8-7-15-4-3-5-17(19)22(15)16/h3-6,9-12H,2,7-8,13H2,1H3,(H,24,25). The summed E-state index contributed by atoms with van der Waals surface area (Å²) in [6.45, 7) is 2.08. The van der Waals surface area contributed by atoms with E-state index in [1.54, 1.807) is 0 Å². The van der Waals surface area contributed by atoms with Crippen LogP contribution in [0.4, 0.5) is 5.69 Å². The average molecular weight is 410 g/mol. The SMILES string of the molecule is CCc1ccc(OCC(=O)Nc2ccc3c4c(cccc24)CC3)c(Br)c1. The molecule has 0 fully saturated rings. The van der Waals surface area contributed by atoms with Gasteiger partial charge in [0.2, 0.25) is 0 Å². The maximum absolute atomic E-state index is 12.4. The molecule has 26 heavy (non-hydrogen) atoms. The molecule has 132 valence electrons. The molecule has 0 heterocycles. The molecule has 0 radical (unpaired) electrons. The molecular weight excluding hydrogens is 390 g/mol. The fourth-order valence-corrected chi connectivity index (χ4v) is 4.11. The van der Waals surface area contributed by atoms with Gasteiger partial charge in [-0.1, -0.05) is 37.3 Å². The number of amides is 1. The Labute approximate surface area is 161 Å². The molecule has 0 spiro atoms. The van der Waals surface area contributed by atoms with Crippen molar-refractivity contribution >= 4 is 38.3 Å². The number of anilines is 1. The number of halogens is 1. The van der Waals surface area contributed by atoms with E-state index in [4.69, 9.17) is 4.74 Å². The number of carbonyl (C=O) groups is 1. The topological polar surface area (TPSA) is 38.3 Å². The molecular formula is C22H20BrNO2. The first-order valence-electron chi connectivity index (χ1n) is 8.90. The molecule has 0 unspecified atom stereocenters. The van der Waals surface area contributed by atoms with Crippen LogP contribution in [0.25, 0.3) is 10.8 Å². The monoisotopic (exact) mass is 409 g/mol. The van der Waals surface area contributed by atoms with E-state index in [1.165, 1.54) is 22.1 Å². The fraction of sp³-hybridized carbons (Fsp3) is 0.227. The number of benzene rings is 3. The molecule has 3 aromatic rings. The summed E-state index contributed by atoms with van der Waals surface area (Å²) < 4.78 is 6.55. The molecule has 1 amide bonds. The van der Waals surface area contributed by atoms with Gasteiger partial charge in [-0.2, -0.15) is 0 Å². The van der Waals surface area contributed by atoms with Crippen molar-refractivity contribution in [1.82, 2.24) is 0 Å². The van der Waals surface area contributed by atoms with Crippen molar-refractivity contribution in [3.8, 4) is 5.75 Å². The lowest BCUT2D eigenvalue weighted by molar-refractivity contribution is -0.118. The zero-order valence-electron chi connectivity index (χ0n) is 14.6. The number of rotatable bonds is 5. The Kier molecular flexibility index (Phi) is 4.68. The molecule has 0 atom stereocenters. The van der Waals surface area contributed by atoms with E-state index < -0.39 is 0 Å². The minimum absolute atomic E-state index is 0.0208. The summed E-state index contributed by atoms with van der Waals surface area (Å²) in [4.78, 5) is 12.4. The van der Waals surface area contributed by atoms with Crippen LogP contribution in [0.5, 0.6) is 5.75 Å². The smallest absolute Gasteiger partial charge is 0.262 e. The highest BCUT2D eigenvalue weighted by atomic mass is 79.9. The van der Waals surface area contributed by atoms with Crippen molar-refractivity contribution < 1.29 is 9.53 Å². The number of aryl methyl sites for hydroxylation is 3.